The molecule has 1 aliphatic carbocycles. The number of rotatable bonds is 8. The average Bonchev–Trinajstić information content (AvgIpc) is 2.64. The van der Waals surface area contributed by atoms with Gasteiger partial charge in [-0.2, -0.15) is 0 Å². The molecule has 0 aliphatic heterocycles. The lowest BCUT2D eigenvalue weighted by atomic mass is 10.0. The summed E-state index contributed by atoms with van der Waals surface area (Å²) in [7, 11) is 1.70. The van der Waals surface area contributed by atoms with Crippen LogP contribution in [0.3, 0.4) is 0 Å². The van der Waals surface area contributed by atoms with Crippen molar-refractivity contribution >= 4 is 0 Å². The molecule has 90 valence electrons. The highest BCUT2D eigenvalue weighted by Gasteiger charge is 2.27. The van der Waals surface area contributed by atoms with E-state index < -0.39 is 0 Å². The van der Waals surface area contributed by atoms with Gasteiger partial charge in [-0.05, 0) is 32.7 Å². The van der Waals surface area contributed by atoms with Crippen LogP contribution in [0, 0.1) is 0 Å². The van der Waals surface area contributed by atoms with Gasteiger partial charge in [-0.25, -0.2) is 0 Å². The summed E-state index contributed by atoms with van der Waals surface area (Å²) in [5, 5.41) is 3.64. The Bertz CT molecular complexity index is 156. The van der Waals surface area contributed by atoms with Crippen LogP contribution in [0.4, 0.5) is 0 Å². The predicted molar refractivity (Wildman–Crippen MR) is 62.2 cm³/mol. The fourth-order valence-corrected chi connectivity index (χ4v) is 2.14. The Balaban J connectivity index is 1.88. The molecule has 1 fully saturated rings. The topological polar surface area (TPSA) is 30.5 Å². The van der Waals surface area contributed by atoms with Crippen LogP contribution in [-0.4, -0.2) is 39.0 Å². The Morgan fingerprint density at radius 1 is 1.13 bits per heavy atom. The third-order valence-corrected chi connectivity index (χ3v) is 3.16. The van der Waals surface area contributed by atoms with E-state index in [2.05, 4.69) is 12.2 Å². The molecule has 1 saturated carbocycles. The molecule has 15 heavy (non-hydrogen) atoms. The first-order chi connectivity index (χ1) is 7.27. The summed E-state index contributed by atoms with van der Waals surface area (Å²) in [5.41, 5.74) is 0.409. The van der Waals surface area contributed by atoms with E-state index in [1.54, 1.807) is 7.11 Å². The van der Waals surface area contributed by atoms with E-state index in [9.17, 15) is 0 Å². The van der Waals surface area contributed by atoms with Crippen LogP contribution < -0.4 is 5.32 Å². The summed E-state index contributed by atoms with van der Waals surface area (Å²) in [4.78, 5) is 0. The molecule has 0 spiro atoms. The second kappa shape index (κ2) is 7.20. The van der Waals surface area contributed by atoms with Crippen LogP contribution in [0.15, 0.2) is 0 Å². The molecule has 0 heterocycles. The molecule has 3 heteroatoms. The van der Waals surface area contributed by atoms with Gasteiger partial charge in [0.15, 0.2) is 0 Å². The Hall–Kier alpha value is -0.120. The van der Waals surface area contributed by atoms with Gasteiger partial charge in [0.1, 0.15) is 0 Å². The van der Waals surface area contributed by atoms with Crippen molar-refractivity contribution in [2.24, 2.45) is 0 Å². The molecule has 0 amide bonds. The molecule has 0 aromatic rings. The minimum atomic E-state index is 0.409. The Kier molecular flexibility index (Phi) is 6.22. The standard InChI is InChI=1S/C12H25NO2/c1-12(6-3-4-7-12)13-8-5-9-15-11-10-14-2/h13H,3-11H2,1-2H3. The molecule has 0 radical (unpaired) electrons. The predicted octanol–water partition coefficient (Wildman–Crippen LogP) is 1.96. The number of nitrogens with one attached hydrogen (secondary N) is 1. The lowest BCUT2D eigenvalue weighted by Gasteiger charge is -2.25. The number of hydrogen-bond donors (Lipinski definition) is 1. The summed E-state index contributed by atoms with van der Waals surface area (Å²) < 4.78 is 10.3. The van der Waals surface area contributed by atoms with Crippen molar-refractivity contribution in [3.63, 3.8) is 0 Å². The van der Waals surface area contributed by atoms with Crippen molar-refractivity contribution in [3.05, 3.63) is 0 Å². The molecule has 0 aromatic carbocycles. The summed E-state index contributed by atoms with van der Waals surface area (Å²) in [5.74, 6) is 0. The van der Waals surface area contributed by atoms with E-state index >= 15 is 0 Å². The van der Waals surface area contributed by atoms with E-state index in [-0.39, 0.29) is 0 Å². The van der Waals surface area contributed by atoms with Gasteiger partial charge in [0.25, 0.3) is 0 Å². The van der Waals surface area contributed by atoms with Gasteiger partial charge >= 0.3 is 0 Å². The van der Waals surface area contributed by atoms with E-state index in [0.717, 1.165) is 19.6 Å². The zero-order chi connectivity index (χ0) is 11.0. The smallest absolute Gasteiger partial charge is 0.0700 e. The third kappa shape index (κ3) is 5.50. The minimum Gasteiger partial charge on any atom is -0.382 e. The first-order valence-electron chi connectivity index (χ1n) is 6.08. The number of hydrogen-bond acceptors (Lipinski definition) is 3. The molecule has 0 aromatic heterocycles. The van der Waals surface area contributed by atoms with Crippen LogP contribution in [0.2, 0.25) is 0 Å². The third-order valence-electron chi connectivity index (χ3n) is 3.16. The summed E-state index contributed by atoms with van der Waals surface area (Å²) in [6, 6.07) is 0. The Morgan fingerprint density at radius 3 is 2.53 bits per heavy atom. The molecule has 1 aliphatic rings. The van der Waals surface area contributed by atoms with Gasteiger partial charge < -0.3 is 14.8 Å². The first-order valence-corrected chi connectivity index (χ1v) is 6.08. The molecule has 1 N–H and O–H groups in total. The maximum atomic E-state index is 5.41. The second-order valence-corrected chi connectivity index (χ2v) is 4.65. The van der Waals surface area contributed by atoms with Crippen LogP contribution in [0.25, 0.3) is 0 Å². The highest BCUT2D eigenvalue weighted by atomic mass is 16.5. The molecular formula is C12H25NO2. The van der Waals surface area contributed by atoms with E-state index in [4.69, 9.17) is 9.47 Å². The van der Waals surface area contributed by atoms with Gasteiger partial charge in [0.2, 0.25) is 0 Å². The van der Waals surface area contributed by atoms with Crippen molar-refractivity contribution in [2.75, 3.05) is 33.5 Å². The van der Waals surface area contributed by atoms with Crippen LogP contribution in [0.1, 0.15) is 39.0 Å². The maximum absolute atomic E-state index is 5.41. The lowest BCUT2D eigenvalue weighted by molar-refractivity contribution is 0.0687. The maximum Gasteiger partial charge on any atom is 0.0700 e. The highest BCUT2D eigenvalue weighted by molar-refractivity contribution is 4.87. The fourth-order valence-electron chi connectivity index (χ4n) is 2.14. The normalized spacial score (nSPS) is 19.6. The zero-order valence-electron chi connectivity index (χ0n) is 10.2. The first kappa shape index (κ1) is 12.9. The second-order valence-electron chi connectivity index (χ2n) is 4.65. The molecule has 1 rings (SSSR count). The van der Waals surface area contributed by atoms with Gasteiger partial charge in [0, 0.05) is 19.3 Å². The highest BCUT2D eigenvalue weighted by Crippen LogP contribution is 2.28. The number of ether oxygens (including phenoxy) is 2. The van der Waals surface area contributed by atoms with Crippen molar-refractivity contribution in [1.29, 1.82) is 0 Å². The van der Waals surface area contributed by atoms with Crippen molar-refractivity contribution in [3.8, 4) is 0 Å². The van der Waals surface area contributed by atoms with E-state index in [0.29, 0.717) is 18.8 Å². The van der Waals surface area contributed by atoms with Crippen molar-refractivity contribution in [2.45, 2.75) is 44.6 Å². The molecular weight excluding hydrogens is 190 g/mol. The summed E-state index contributed by atoms with van der Waals surface area (Å²) in [6.07, 6.45) is 6.52. The van der Waals surface area contributed by atoms with E-state index in [1.165, 1.54) is 25.7 Å². The molecule has 0 unspecified atom stereocenters. The average molecular weight is 215 g/mol. The number of methoxy groups -OCH3 is 1. The monoisotopic (exact) mass is 215 g/mol. The van der Waals surface area contributed by atoms with Crippen LogP contribution in [0.5, 0.6) is 0 Å². The molecule has 0 saturated heterocycles. The summed E-state index contributed by atoms with van der Waals surface area (Å²) in [6.45, 7) is 5.67. The quantitative estimate of drug-likeness (QED) is 0.628. The summed E-state index contributed by atoms with van der Waals surface area (Å²) >= 11 is 0. The van der Waals surface area contributed by atoms with Gasteiger partial charge in [-0.15, -0.1) is 0 Å². The fraction of sp³-hybridized carbons (Fsp3) is 1.00. The Labute approximate surface area is 93.5 Å². The van der Waals surface area contributed by atoms with Crippen LogP contribution >= 0.6 is 0 Å². The van der Waals surface area contributed by atoms with Gasteiger partial charge in [0.05, 0.1) is 13.2 Å². The largest absolute Gasteiger partial charge is 0.382 e. The SMILES string of the molecule is COCCOCCCNC1(C)CCCC1. The lowest BCUT2D eigenvalue weighted by Crippen LogP contribution is -2.40. The minimum absolute atomic E-state index is 0.409. The molecule has 3 nitrogen and oxygen atoms in total. The van der Waals surface area contributed by atoms with Crippen molar-refractivity contribution in [1.82, 2.24) is 5.32 Å². The van der Waals surface area contributed by atoms with Crippen LogP contribution in [-0.2, 0) is 9.47 Å². The van der Waals surface area contributed by atoms with Crippen molar-refractivity contribution < 1.29 is 9.47 Å². The molecule has 0 atom stereocenters. The Morgan fingerprint density at radius 2 is 1.87 bits per heavy atom. The van der Waals surface area contributed by atoms with Gasteiger partial charge in [-0.3, -0.25) is 0 Å². The molecule has 0 bridgehead atoms. The van der Waals surface area contributed by atoms with E-state index in [1.807, 2.05) is 0 Å². The van der Waals surface area contributed by atoms with Gasteiger partial charge in [-0.1, -0.05) is 12.8 Å². The zero-order valence-corrected chi connectivity index (χ0v) is 10.2.